The summed E-state index contributed by atoms with van der Waals surface area (Å²) in [6, 6.07) is 0. The van der Waals surface area contributed by atoms with Crippen LogP contribution in [0.5, 0.6) is 0 Å². The highest BCUT2D eigenvalue weighted by atomic mass is 19.1. The number of carbonyl (C=O) groups is 3. The molecule has 0 saturated heterocycles. The molecule has 4 rings (SSSR count). The average molecular weight is 432 g/mol. The number of esters is 1. The molecule has 4 aliphatic carbocycles. The summed E-state index contributed by atoms with van der Waals surface area (Å²) in [7, 11) is 0. The van der Waals surface area contributed by atoms with E-state index in [9.17, 15) is 24.6 Å². The summed E-state index contributed by atoms with van der Waals surface area (Å²) < 4.78 is 21.8. The van der Waals surface area contributed by atoms with E-state index in [1.165, 1.54) is 19.1 Å². The number of hydrogen-bond acceptors (Lipinski definition) is 6. The Morgan fingerprint density at radius 2 is 2.00 bits per heavy atom. The van der Waals surface area contributed by atoms with Gasteiger partial charge in [0, 0.05) is 23.7 Å². The zero-order chi connectivity index (χ0) is 23.0. The summed E-state index contributed by atoms with van der Waals surface area (Å²) in [5, 5.41) is 22.8. The first-order chi connectivity index (χ1) is 14.3. The van der Waals surface area contributed by atoms with Crippen LogP contribution in [-0.2, 0) is 19.1 Å². The molecule has 0 bridgehead atoms. The minimum atomic E-state index is -2.05. The summed E-state index contributed by atoms with van der Waals surface area (Å²) in [5.74, 6) is -2.63. The van der Waals surface area contributed by atoms with Gasteiger partial charge < -0.3 is 14.9 Å². The highest BCUT2D eigenvalue weighted by Gasteiger charge is 2.75. The van der Waals surface area contributed by atoms with Gasteiger partial charge in [-0.25, -0.2) is 4.39 Å². The van der Waals surface area contributed by atoms with E-state index in [2.05, 4.69) is 6.58 Å². The average Bonchev–Trinajstić information content (AvgIpc) is 2.89. The van der Waals surface area contributed by atoms with Crippen LogP contribution in [0.3, 0.4) is 0 Å². The van der Waals surface area contributed by atoms with Crippen molar-refractivity contribution in [2.45, 2.75) is 63.8 Å². The van der Waals surface area contributed by atoms with Gasteiger partial charge in [0.2, 0.25) is 5.78 Å². The van der Waals surface area contributed by atoms with Crippen LogP contribution in [-0.4, -0.2) is 51.7 Å². The SMILES string of the molecule is C=C1C[C@@H]2[C@H]3CCC4=CC(=O)C=C[C@]4(C)[C@]3(F)[C@@H](O)C[C@@]2(C)[C@]1(O)C(=O)COC(C)=O. The Balaban J connectivity index is 1.77. The molecule has 0 aromatic heterocycles. The molecule has 0 amide bonds. The van der Waals surface area contributed by atoms with Crippen molar-refractivity contribution < 1.29 is 33.7 Å². The molecular formula is C24H29FO6. The zero-order valence-electron chi connectivity index (χ0n) is 18.1. The predicted octanol–water partition coefficient (Wildman–Crippen LogP) is 2.39. The van der Waals surface area contributed by atoms with Crippen LogP contribution in [0.1, 0.15) is 46.5 Å². The van der Waals surface area contributed by atoms with E-state index in [-0.39, 0.29) is 24.2 Å². The van der Waals surface area contributed by atoms with Crippen molar-refractivity contribution in [3.8, 4) is 0 Å². The fourth-order valence-electron chi connectivity index (χ4n) is 6.96. The van der Waals surface area contributed by atoms with E-state index in [0.29, 0.717) is 18.4 Å². The van der Waals surface area contributed by atoms with Crippen molar-refractivity contribution in [1.82, 2.24) is 0 Å². The minimum absolute atomic E-state index is 0.156. The Labute approximate surface area is 180 Å². The fourth-order valence-corrected chi connectivity index (χ4v) is 6.96. The van der Waals surface area contributed by atoms with Crippen LogP contribution in [0, 0.1) is 22.7 Å². The molecule has 6 nitrogen and oxygen atoms in total. The molecule has 3 saturated carbocycles. The number of fused-ring (bicyclic) bond motifs is 5. The van der Waals surface area contributed by atoms with Crippen LogP contribution >= 0.6 is 0 Å². The molecule has 7 heteroatoms. The second-order valence-corrected chi connectivity index (χ2v) is 9.99. The van der Waals surface area contributed by atoms with E-state index in [1.54, 1.807) is 19.9 Å². The third-order valence-electron chi connectivity index (χ3n) is 8.65. The fraction of sp³-hybridized carbons (Fsp3) is 0.625. The highest BCUT2D eigenvalue weighted by Crippen LogP contribution is 2.70. The number of Topliss-reactive ketones (excluding diaryl/α,β-unsaturated/α-hetero) is 1. The Hall–Kier alpha value is -2.12. The van der Waals surface area contributed by atoms with Crippen LogP contribution in [0.2, 0.25) is 0 Å². The molecule has 0 heterocycles. The van der Waals surface area contributed by atoms with Crippen molar-refractivity contribution in [2.24, 2.45) is 22.7 Å². The molecule has 0 radical (unpaired) electrons. The molecule has 31 heavy (non-hydrogen) atoms. The monoisotopic (exact) mass is 432 g/mol. The third-order valence-corrected chi connectivity index (χ3v) is 8.65. The van der Waals surface area contributed by atoms with Crippen molar-refractivity contribution in [1.29, 1.82) is 0 Å². The van der Waals surface area contributed by atoms with Gasteiger partial charge in [-0.3, -0.25) is 14.4 Å². The molecule has 168 valence electrons. The van der Waals surface area contributed by atoms with E-state index in [1.807, 2.05) is 0 Å². The summed E-state index contributed by atoms with van der Waals surface area (Å²) in [4.78, 5) is 36.1. The molecular weight excluding hydrogens is 403 g/mol. The molecule has 4 aliphatic rings. The maximum Gasteiger partial charge on any atom is 0.303 e. The topological polar surface area (TPSA) is 101 Å². The van der Waals surface area contributed by atoms with Gasteiger partial charge in [-0.15, -0.1) is 0 Å². The van der Waals surface area contributed by atoms with Gasteiger partial charge in [0.15, 0.2) is 23.7 Å². The van der Waals surface area contributed by atoms with Crippen molar-refractivity contribution >= 4 is 17.5 Å². The second kappa shape index (κ2) is 6.69. The maximum atomic E-state index is 17.0. The number of aliphatic hydroxyl groups is 2. The summed E-state index contributed by atoms with van der Waals surface area (Å²) in [5.41, 5.74) is -5.46. The first kappa shape index (κ1) is 22.1. The van der Waals surface area contributed by atoms with E-state index < -0.39 is 58.4 Å². The first-order valence-corrected chi connectivity index (χ1v) is 10.7. The number of hydrogen-bond donors (Lipinski definition) is 2. The van der Waals surface area contributed by atoms with Gasteiger partial charge in [0.05, 0.1) is 6.10 Å². The predicted molar refractivity (Wildman–Crippen MR) is 109 cm³/mol. The summed E-state index contributed by atoms with van der Waals surface area (Å²) in [6.07, 6.45) is 3.86. The molecule has 0 aromatic carbocycles. The number of halogens is 1. The van der Waals surface area contributed by atoms with Gasteiger partial charge in [0.25, 0.3) is 0 Å². The summed E-state index contributed by atoms with van der Waals surface area (Å²) in [6.45, 7) is 7.90. The van der Waals surface area contributed by atoms with E-state index in [0.717, 1.165) is 0 Å². The molecule has 0 spiro atoms. The number of aliphatic hydroxyl groups excluding tert-OH is 1. The Kier molecular flexibility index (Phi) is 4.77. The van der Waals surface area contributed by atoms with Crippen molar-refractivity contribution in [3.63, 3.8) is 0 Å². The van der Waals surface area contributed by atoms with Crippen LogP contribution in [0.15, 0.2) is 36.0 Å². The van der Waals surface area contributed by atoms with Gasteiger partial charge in [-0.2, -0.15) is 0 Å². The lowest BCUT2D eigenvalue weighted by Gasteiger charge is -2.62. The third kappa shape index (κ3) is 2.59. The molecule has 0 aliphatic heterocycles. The number of alkyl halides is 1. The van der Waals surface area contributed by atoms with Crippen LogP contribution in [0.25, 0.3) is 0 Å². The van der Waals surface area contributed by atoms with Crippen LogP contribution < -0.4 is 0 Å². The molecule has 7 atom stereocenters. The first-order valence-electron chi connectivity index (χ1n) is 10.7. The van der Waals surface area contributed by atoms with Crippen molar-refractivity contribution in [3.05, 3.63) is 36.0 Å². The lowest BCUT2D eigenvalue weighted by atomic mass is 9.44. The normalized spacial score (nSPS) is 46.0. The van der Waals surface area contributed by atoms with Gasteiger partial charge in [-0.1, -0.05) is 25.2 Å². The number of carbonyl (C=O) groups excluding carboxylic acids is 3. The lowest BCUT2D eigenvalue weighted by Crippen LogP contribution is -2.69. The van der Waals surface area contributed by atoms with E-state index in [4.69, 9.17) is 4.74 Å². The number of allylic oxidation sites excluding steroid dienone is 4. The maximum absolute atomic E-state index is 17.0. The highest BCUT2D eigenvalue weighted by molar-refractivity contribution is 6.01. The largest absolute Gasteiger partial charge is 0.458 e. The van der Waals surface area contributed by atoms with Gasteiger partial charge >= 0.3 is 5.97 Å². The quantitative estimate of drug-likeness (QED) is 0.525. The molecule has 0 aromatic rings. The number of rotatable bonds is 3. The van der Waals surface area contributed by atoms with Gasteiger partial charge in [0.1, 0.15) is 0 Å². The van der Waals surface area contributed by atoms with E-state index >= 15 is 4.39 Å². The minimum Gasteiger partial charge on any atom is -0.458 e. The number of ether oxygens (including phenoxy) is 1. The standard InChI is InChI=1S/C24H29FO6/c1-13-9-18-17-6-5-15-10-16(27)7-8-21(15,3)23(17,25)19(28)11-22(18,4)24(13,30)20(29)12-31-14(2)26/h7-8,10,17-19,28,30H,1,5-6,9,11-12H2,2-4H3/t17-,18-,19+,21+,22-,23-,24-/m1/s1. The zero-order valence-corrected chi connectivity index (χ0v) is 18.1. The Morgan fingerprint density at radius 3 is 2.65 bits per heavy atom. The Morgan fingerprint density at radius 1 is 1.32 bits per heavy atom. The van der Waals surface area contributed by atoms with Crippen molar-refractivity contribution in [2.75, 3.05) is 6.61 Å². The summed E-state index contributed by atoms with van der Waals surface area (Å²) >= 11 is 0. The Bertz CT molecular complexity index is 952. The molecule has 0 unspecified atom stereocenters. The molecule has 3 fully saturated rings. The van der Waals surface area contributed by atoms with Gasteiger partial charge in [-0.05, 0) is 56.3 Å². The smallest absolute Gasteiger partial charge is 0.303 e. The van der Waals surface area contributed by atoms with Crippen LogP contribution in [0.4, 0.5) is 4.39 Å². The second-order valence-electron chi connectivity index (χ2n) is 9.99. The molecule has 2 N–H and O–H groups in total. The lowest BCUT2D eigenvalue weighted by molar-refractivity contribution is -0.215. The number of ketones is 2.